The molecule has 1 aliphatic rings. The largest absolute Gasteiger partial charge is 0.497 e. The molecule has 1 aliphatic carbocycles. The van der Waals surface area contributed by atoms with Gasteiger partial charge in [0, 0.05) is 13.0 Å². The Morgan fingerprint density at radius 3 is 2.47 bits per heavy atom. The molecule has 0 bridgehead atoms. The van der Waals surface area contributed by atoms with Gasteiger partial charge in [0.05, 0.1) is 14.2 Å². The summed E-state index contributed by atoms with van der Waals surface area (Å²) < 4.78 is 15.2. The Kier molecular flexibility index (Phi) is 3.55. The van der Waals surface area contributed by atoms with Gasteiger partial charge in [-0.25, -0.2) is 0 Å². The number of carbonyl (C=O) groups excluding carboxylic acids is 1. The molecule has 4 nitrogen and oxygen atoms in total. The topological polar surface area (TPSA) is 44.8 Å². The molecular formula is C11H14O4. The van der Waals surface area contributed by atoms with Gasteiger partial charge in [0.2, 0.25) is 0 Å². The number of hydrogen-bond donors (Lipinski definition) is 0. The van der Waals surface area contributed by atoms with Crippen molar-refractivity contribution in [2.45, 2.75) is 13.0 Å². The molecule has 0 saturated heterocycles. The zero-order chi connectivity index (χ0) is 11.4. The Hall–Kier alpha value is -1.71. The van der Waals surface area contributed by atoms with Crippen LogP contribution in [-0.2, 0) is 19.0 Å². The van der Waals surface area contributed by atoms with E-state index in [0.29, 0.717) is 17.1 Å². The first kappa shape index (κ1) is 11.4. The van der Waals surface area contributed by atoms with E-state index in [0.717, 1.165) is 0 Å². The summed E-state index contributed by atoms with van der Waals surface area (Å²) in [4.78, 5) is 10.9. The van der Waals surface area contributed by atoms with Crippen molar-refractivity contribution in [2.24, 2.45) is 0 Å². The van der Waals surface area contributed by atoms with E-state index >= 15 is 0 Å². The first-order chi connectivity index (χ1) is 7.08. The third kappa shape index (κ3) is 2.62. The number of rotatable bonds is 3. The molecule has 0 aromatic heterocycles. The van der Waals surface area contributed by atoms with E-state index in [4.69, 9.17) is 14.2 Å². The molecule has 0 aromatic rings. The SMILES string of the molecule is C=C1C=C(OC)C=C(OC)[C@H]1OC(C)=O. The second-order valence-corrected chi connectivity index (χ2v) is 3.07. The van der Waals surface area contributed by atoms with Gasteiger partial charge in [0.25, 0.3) is 0 Å². The summed E-state index contributed by atoms with van der Waals surface area (Å²) >= 11 is 0. The summed E-state index contributed by atoms with van der Waals surface area (Å²) in [5.74, 6) is 0.758. The molecule has 15 heavy (non-hydrogen) atoms. The van der Waals surface area contributed by atoms with Gasteiger partial charge in [-0.2, -0.15) is 0 Å². The van der Waals surface area contributed by atoms with Crippen molar-refractivity contribution in [3.8, 4) is 0 Å². The molecule has 0 saturated carbocycles. The van der Waals surface area contributed by atoms with E-state index in [1.54, 1.807) is 19.3 Å². The van der Waals surface area contributed by atoms with E-state index in [2.05, 4.69) is 6.58 Å². The lowest BCUT2D eigenvalue weighted by molar-refractivity contribution is -0.144. The first-order valence-corrected chi connectivity index (χ1v) is 4.45. The lowest BCUT2D eigenvalue weighted by Crippen LogP contribution is -2.23. The lowest BCUT2D eigenvalue weighted by atomic mass is 10.0. The maximum Gasteiger partial charge on any atom is 0.303 e. The minimum Gasteiger partial charge on any atom is -0.497 e. The predicted octanol–water partition coefficient (Wildman–Crippen LogP) is 1.55. The Morgan fingerprint density at radius 2 is 2.00 bits per heavy atom. The number of allylic oxidation sites excluding steroid dienone is 1. The third-order valence-corrected chi connectivity index (χ3v) is 1.96. The van der Waals surface area contributed by atoms with Gasteiger partial charge in [-0.1, -0.05) is 6.58 Å². The van der Waals surface area contributed by atoms with Crippen LogP contribution in [0.4, 0.5) is 0 Å². The van der Waals surface area contributed by atoms with E-state index in [1.807, 2.05) is 0 Å². The maximum atomic E-state index is 10.9. The molecule has 1 rings (SSSR count). The van der Waals surface area contributed by atoms with E-state index < -0.39 is 6.10 Å². The summed E-state index contributed by atoms with van der Waals surface area (Å²) in [7, 11) is 3.06. The Labute approximate surface area is 88.8 Å². The van der Waals surface area contributed by atoms with Crippen LogP contribution in [0.1, 0.15) is 6.92 Å². The number of hydrogen-bond acceptors (Lipinski definition) is 4. The molecule has 82 valence electrons. The number of methoxy groups -OCH3 is 2. The van der Waals surface area contributed by atoms with Gasteiger partial charge in [-0.3, -0.25) is 4.79 Å². The van der Waals surface area contributed by atoms with Crippen molar-refractivity contribution < 1.29 is 19.0 Å². The average molecular weight is 210 g/mol. The fraction of sp³-hybridized carbons (Fsp3) is 0.364. The minimum absolute atomic E-state index is 0.377. The minimum atomic E-state index is -0.550. The van der Waals surface area contributed by atoms with Crippen LogP contribution in [-0.4, -0.2) is 26.3 Å². The highest BCUT2D eigenvalue weighted by molar-refractivity contribution is 5.67. The Bertz CT molecular complexity index is 338. The van der Waals surface area contributed by atoms with Crippen molar-refractivity contribution in [1.29, 1.82) is 0 Å². The van der Waals surface area contributed by atoms with Gasteiger partial charge in [-0.15, -0.1) is 0 Å². The normalized spacial score (nSPS) is 20.2. The van der Waals surface area contributed by atoms with Crippen LogP contribution in [0.25, 0.3) is 0 Å². The van der Waals surface area contributed by atoms with Crippen LogP contribution in [0.5, 0.6) is 0 Å². The van der Waals surface area contributed by atoms with E-state index in [9.17, 15) is 4.79 Å². The second-order valence-electron chi connectivity index (χ2n) is 3.07. The lowest BCUT2D eigenvalue weighted by Gasteiger charge is -2.23. The van der Waals surface area contributed by atoms with Crippen LogP contribution in [0.3, 0.4) is 0 Å². The van der Waals surface area contributed by atoms with Gasteiger partial charge in [0.15, 0.2) is 6.10 Å². The van der Waals surface area contributed by atoms with Crippen molar-refractivity contribution in [1.82, 2.24) is 0 Å². The van der Waals surface area contributed by atoms with Gasteiger partial charge in [-0.05, 0) is 11.6 Å². The van der Waals surface area contributed by atoms with E-state index in [1.165, 1.54) is 14.0 Å². The summed E-state index contributed by atoms with van der Waals surface area (Å²) in [6.45, 7) is 5.13. The average Bonchev–Trinajstić information content (AvgIpc) is 2.20. The van der Waals surface area contributed by atoms with Crippen LogP contribution >= 0.6 is 0 Å². The highest BCUT2D eigenvalue weighted by atomic mass is 16.6. The molecule has 0 aromatic carbocycles. The monoisotopic (exact) mass is 210 g/mol. The predicted molar refractivity (Wildman–Crippen MR) is 54.9 cm³/mol. The van der Waals surface area contributed by atoms with Gasteiger partial charge < -0.3 is 14.2 Å². The number of ether oxygens (including phenoxy) is 3. The molecule has 0 N–H and O–H groups in total. The summed E-state index contributed by atoms with van der Waals surface area (Å²) in [5.41, 5.74) is 0.626. The Morgan fingerprint density at radius 1 is 1.33 bits per heavy atom. The highest BCUT2D eigenvalue weighted by Crippen LogP contribution is 2.25. The van der Waals surface area contributed by atoms with Gasteiger partial charge in [0.1, 0.15) is 11.5 Å². The molecule has 0 spiro atoms. The molecule has 0 amide bonds. The Balaban J connectivity index is 2.91. The maximum absolute atomic E-state index is 10.9. The molecule has 1 atom stereocenters. The quantitative estimate of drug-likeness (QED) is 0.663. The smallest absolute Gasteiger partial charge is 0.303 e. The molecular weight excluding hydrogens is 196 g/mol. The zero-order valence-corrected chi connectivity index (χ0v) is 9.07. The van der Waals surface area contributed by atoms with Crippen LogP contribution in [0, 0.1) is 0 Å². The molecule has 0 radical (unpaired) electrons. The fourth-order valence-electron chi connectivity index (χ4n) is 1.28. The highest BCUT2D eigenvalue weighted by Gasteiger charge is 2.25. The fourth-order valence-corrected chi connectivity index (χ4v) is 1.28. The van der Waals surface area contributed by atoms with Crippen LogP contribution in [0.2, 0.25) is 0 Å². The second kappa shape index (κ2) is 4.68. The van der Waals surface area contributed by atoms with Crippen LogP contribution in [0.15, 0.2) is 35.8 Å². The molecule has 4 heteroatoms. The van der Waals surface area contributed by atoms with Crippen molar-refractivity contribution in [3.63, 3.8) is 0 Å². The van der Waals surface area contributed by atoms with Gasteiger partial charge >= 0.3 is 5.97 Å². The molecule has 0 fully saturated rings. The van der Waals surface area contributed by atoms with Crippen molar-refractivity contribution in [3.05, 3.63) is 35.8 Å². The molecule has 0 heterocycles. The van der Waals surface area contributed by atoms with Crippen molar-refractivity contribution in [2.75, 3.05) is 14.2 Å². The molecule has 0 aliphatic heterocycles. The van der Waals surface area contributed by atoms with Crippen molar-refractivity contribution >= 4 is 5.97 Å². The number of carbonyl (C=O) groups is 1. The number of esters is 1. The zero-order valence-electron chi connectivity index (χ0n) is 9.07. The first-order valence-electron chi connectivity index (χ1n) is 4.45. The standard InChI is InChI=1S/C11H14O4/c1-7-5-9(13-3)6-10(14-4)11(7)15-8(2)12/h5-6,11H,1H2,2-4H3/t11-/m0/s1. The molecule has 0 unspecified atom stereocenters. The van der Waals surface area contributed by atoms with E-state index in [-0.39, 0.29) is 5.97 Å². The summed E-state index contributed by atoms with van der Waals surface area (Å²) in [5, 5.41) is 0. The third-order valence-electron chi connectivity index (χ3n) is 1.96. The van der Waals surface area contributed by atoms with Crippen LogP contribution < -0.4 is 0 Å². The summed E-state index contributed by atoms with van der Waals surface area (Å²) in [6, 6.07) is 0. The summed E-state index contributed by atoms with van der Waals surface area (Å²) in [6.07, 6.45) is 2.82.